The number of anilines is 2. The van der Waals surface area contributed by atoms with Crippen molar-refractivity contribution in [1.82, 2.24) is 4.98 Å². The molecule has 0 saturated heterocycles. The minimum atomic E-state index is -4.58. The van der Waals surface area contributed by atoms with E-state index >= 15 is 0 Å². The smallest absolute Gasteiger partial charge is 0.418 e. The molecule has 1 fully saturated rings. The summed E-state index contributed by atoms with van der Waals surface area (Å²) in [5, 5.41) is 13.7. The van der Waals surface area contributed by atoms with Crippen LogP contribution < -0.4 is 10.6 Å². The summed E-state index contributed by atoms with van der Waals surface area (Å²) in [7, 11) is 0. The second-order valence-electron chi connectivity index (χ2n) is 8.99. The fraction of sp³-hybridized carbons (Fsp3) is 0.296. The average molecular weight is 498 g/mol. The molecule has 188 valence electrons. The highest BCUT2D eigenvalue weighted by Crippen LogP contribution is 2.38. The van der Waals surface area contributed by atoms with Gasteiger partial charge in [-0.15, -0.1) is 0 Å². The summed E-state index contributed by atoms with van der Waals surface area (Å²) in [5.41, 5.74) is 1.90. The first-order valence-electron chi connectivity index (χ1n) is 11.7. The second-order valence-corrected chi connectivity index (χ2v) is 8.99. The third kappa shape index (κ3) is 6.41. The molecule has 0 unspecified atom stereocenters. The molecule has 1 saturated carbocycles. The van der Waals surface area contributed by atoms with Crippen molar-refractivity contribution in [3.8, 4) is 11.3 Å². The van der Waals surface area contributed by atoms with Gasteiger partial charge in [0.15, 0.2) is 0 Å². The van der Waals surface area contributed by atoms with E-state index < -0.39 is 23.7 Å². The number of carbonyl (C=O) groups excluding carboxylic acids is 1. The number of pyridine rings is 1. The number of alkyl halides is 3. The summed E-state index contributed by atoms with van der Waals surface area (Å²) in [6, 6.07) is 15.4. The van der Waals surface area contributed by atoms with E-state index in [-0.39, 0.29) is 18.0 Å². The van der Waals surface area contributed by atoms with Gasteiger partial charge < -0.3 is 15.7 Å². The van der Waals surface area contributed by atoms with Crippen molar-refractivity contribution in [3.05, 3.63) is 78.0 Å². The fourth-order valence-corrected chi connectivity index (χ4v) is 4.64. The van der Waals surface area contributed by atoms with Crippen molar-refractivity contribution in [2.24, 2.45) is 5.92 Å². The Morgan fingerprint density at radius 3 is 2.22 bits per heavy atom. The molecule has 0 spiro atoms. The summed E-state index contributed by atoms with van der Waals surface area (Å²) in [4.78, 5) is 27.5. The minimum absolute atomic E-state index is 0.241. The van der Waals surface area contributed by atoms with Gasteiger partial charge in [-0.25, -0.2) is 4.79 Å². The Kier molecular flexibility index (Phi) is 7.57. The molecule has 0 bridgehead atoms. The molecule has 9 heteroatoms. The molecule has 0 radical (unpaired) electrons. The molecule has 0 atom stereocenters. The predicted molar refractivity (Wildman–Crippen MR) is 131 cm³/mol. The van der Waals surface area contributed by atoms with Gasteiger partial charge in [-0.3, -0.25) is 9.78 Å². The van der Waals surface area contributed by atoms with Crippen molar-refractivity contribution < 1.29 is 27.9 Å². The topological polar surface area (TPSA) is 91.3 Å². The number of aliphatic carboxylic acids is 1. The third-order valence-electron chi connectivity index (χ3n) is 6.49. The standard InChI is InChI=1S/C27H26F3N3O3/c28-27(29,30)22-3-1-2-4-24(22)33-26(36)32-21-13-14-23(31-16-21)20-11-9-19(10-12-20)18-7-5-17(6-8-18)15-25(34)35/h1-4,9-14,16-18H,5-8,15H2,(H,34,35)(H2,32,33,36). The number of nitrogens with one attached hydrogen (secondary N) is 2. The first-order chi connectivity index (χ1) is 17.2. The zero-order valence-corrected chi connectivity index (χ0v) is 19.4. The lowest BCUT2D eigenvalue weighted by molar-refractivity contribution is -0.138. The van der Waals surface area contributed by atoms with Crippen molar-refractivity contribution in [1.29, 1.82) is 0 Å². The van der Waals surface area contributed by atoms with Crippen LogP contribution in [0.2, 0.25) is 0 Å². The lowest BCUT2D eigenvalue weighted by Crippen LogP contribution is -2.21. The Balaban J connectivity index is 1.34. The summed E-state index contributed by atoms with van der Waals surface area (Å²) < 4.78 is 39.4. The number of carbonyl (C=O) groups is 2. The fourth-order valence-electron chi connectivity index (χ4n) is 4.64. The van der Waals surface area contributed by atoms with Gasteiger partial charge in [-0.05, 0) is 67.3 Å². The van der Waals surface area contributed by atoms with Crippen LogP contribution in [0.1, 0.15) is 49.1 Å². The number of halogens is 3. The van der Waals surface area contributed by atoms with Crippen LogP contribution in [0, 0.1) is 5.92 Å². The number of benzene rings is 2. The van der Waals surface area contributed by atoms with Gasteiger partial charge in [0.2, 0.25) is 0 Å². The van der Waals surface area contributed by atoms with Crippen LogP contribution in [-0.2, 0) is 11.0 Å². The van der Waals surface area contributed by atoms with Crippen molar-refractivity contribution in [3.63, 3.8) is 0 Å². The van der Waals surface area contributed by atoms with Crippen LogP contribution in [0.4, 0.5) is 29.3 Å². The normalized spacial score (nSPS) is 17.9. The Hall–Kier alpha value is -3.88. The minimum Gasteiger partial charge on any atom is -0.481 e. The number of hydrogen-bond acceptors (Lipinski definition) is 3. The molecule has 2 aromatic carbocycles. The zero-order valence-electron chi connectivity index (χ0n) is 19.4. The number of nitrogens with zero attached hydrogens (tertiary/aromatic N) is 1. The van der Waals surface area contributed by atoms with Gasteiger partial charge in [0.05, 0.1) is 28.8 Å². The Morgan fingerprint density at radius 2 is 1.61 bits per heavy atom. The lowest BCUT2D eigenvalue weighted by atomic mass is 9.77. The van der Waals surface area contributed by atoms with Crippen molar-refractivity contribution in [2.75, 3.05) is 10.6 Å². The maximum atomic E-state index is 13.1. The summed E-state index contributed by atoms with van der Waals surface area (Å²) in [6.07, 6.45) is 0.903. The Labute approximate surface area is 206 Å². The number of hydrogen-bond donors (Lipinski definition) is 3. The van der Waals surface area contributed by atoms with Crippen LogP contribution >= 0.6 is 0 Å². The molecule has 1 aromatic heterocycles. The van der Waals surface area contributed by atoms with E-state index in [1.54, 1.807) is 12.1 Å². The Bertz CT molecular complexity index is 1200. The molecular formula is C27H26F3N3O3. The molecule has 6 nitrogen and oxygen atoms in total. The summed E-state index contributed by atoms with van der Waals surface area (Å²) >= 11 is 0. The van der Waals surface area contributed by atoms with Crippen LogP contribution in [0.25, 0.3) is 11.3 Å². The van der Waals surface area contributed by atoms with Crippen LogP contribution in [0.5, 0.6) is 0 Å². The maximum absolute atomic E-state index is 13.1. The monoisotopic (exact) mass is 497 g/mol. The predicted octanol–water partition coefficient (Wildman–Crippen LogP) is 7.16. The van der Waals surface area contributed by atoms with Gasteiger partial charge in [0, 0.05) is 12.0 Å². The zero-order chi connectivity index (χ0) is 25.7. The Morgan fingerprint density at radius 1 is 0.917 bits per heavy atom. The van der Waals surface area contributed by atoms with E-state index in [0.717, 1.165) is 37.3 Å². The molecule has 3 aromatic rings. The van der Waals surface area contributed by atoms with Gasteiger partial charge in [0.25, 0.3) is 0 Å². The van der Waals surface area contributed by atoms with Crippen LogP contribution in [0.3, 0.4) is 0 Å². The van der Waals surface area contributed by atoms with E-state index in [1.165, 1.54) is 30.0 Å². The van der Waals surface area contributed by atoms with Gasteiger partial charge in [-0.1, -0.05) is 36.4 Å². The molecule has 4 rings (SSSR count). The second kappa shape index (κ2) is 10.8. The molecule has 1 aliphatic rings. The number of rotatable bonds is 6. The maximum Gasteiger partial charge on any atom is 0.418 e. The molecule has 3 N–H and O–H groups in total. The first-order valence-corrected chi connectivity index (χ1v) is 11.7. The highest BCUT2D eigenvalue weighted by atomic mass is 19.4. The summed E-state index contributed by atoms with van der Waals surface area (Å²) in [6.45, 7) is 0. The lowest BCUT2D eigenvalue weighted by Gasteiger charge is -2.28. The number of amides is 2. The number of carboxylic acid groups (broad SMARTS) is 1. The third-order valence-corrected chi connectivity index (χ3v) is 6.49. The first kappa shape index (κ1) is 25.2. The SMILES string of the molecule is O=C(O)CC1CCC(c2ccc(-c3ccc(NC(=O)Nc4ccccc4C(F)(F)F)cn3)cc2)CC1. The van der Waals surface area contributed by atoms with E-state index in [9.17, 15) is 22.8 Å². The molecule has 36 heavy (non-hydrogen) atoms. The molecule has 0 aliphatic heterocycles. The molecular weight excluding hydrogens is 471 g/mol. The van der Waals surface area contributed by atoms with E-state index in [2.05, 4.69) is 27.8 Å². The van der Waals surface area contributed by atoms with Gasteiger partial charge in [0.1, 0.15) is 0 Å². The van der Waals surface area contributed by atoms with E-state index in [0.29, 0.717) is 17.3 Å². The molecule has 2 amide bonds. The van der Waals surface area contributed by atoms with Gasteiger partial charge >= 0.3 is 18.2 Å². The molecule has 1 heterocycles. The largest absolute Gasteiger partial charge is 0.481 e. The van der Waals surface area contributed by atoms with E-state index in [1.807, 2.05) is 12.1 Å². The van der Waals surface area contributed by atoms with Crippen molar-refractivity contribution in [2.45, 2.75) is 44.2 Å². The van der Waals surface area contributed by atoms with Crippen LogP contribution in [-0.4, -0.2) is 22.1 Å². The highest BCUT2D eigenvalue weighted by Gasteiger charge is 2.33. The van der Waals surface area contributed by atoms with Gasteiger partial charge in [-0.2, -0.15) is 13.2 Å². The van der Waals surface area contributed by atoms with Crippen molar-refractivity contribution >= 4 is 23.4 Å². The summed E-state index contributed by atoms with van der Waals surface area (Å²) in [5.74, 6) is -0.0515. The van der Waals surface area contributed by atoms with E-state index in [4.69, 9.17) is 5.11 Å². The molecule has 1 aliphatic carbocycles. The highest BCUT2D eigenvalue weighted by molar-refractivity contribution is 6.00. The van der Waals surface area contributed by atoms with Crippen LogP contribution in [0.15, 0.2) is 66.9 Å². The average Bonchev–Trinajstić information content (AvgIpc) is 2.84. The number of urea groups is 1. The quantitative estimate of drug-likeness (QED) is 0.337. The number of carboxylic acids is 1. The number of aromatic nitrogens is 1. The number of para-hydroxylation sites is 1.